The lowest BCUT2D eigenvalue weighted by atomic mass is 10.2. The van der Waals surface area contributed by atoms with Crippen molar-refractivity contribution in [3.63, 3.8) is 0 Å². The molecule has 0 aliphatic carbocycles. The number of rotatable bonds is 4. The summed E-state index contributed by atoms with van der Waals surface area (Å²) in [6, 6.07) is 14.2. The molecule has 1 aromatic heterocycles. The molecular formula is C17H18ClN3. The number of benzene rings is 2. The Morgan fingerprint density at radius 3 is 2.81 bits per heavy atom. The SMILES string of the molecule is CCn1nc(CNc2cc(Cl)ccc2C)c2ccccc21. The zero-order chi connectivity index (χ0) is 14.8. The van der Waals surface area contributed by atoms with Gasteiger partial charge in [0.15, 0.2) is 0 Å². The lowest BCUT2D eigenvalue weighted by molar-refractivity contribution is 0.671. The van der Waals surface area contributed by atoms with Gasteiger partial charge in [0, 0.05) is 22.6 Å². The first-order valence-electron chi connectivity index (χ1n) is 7.13. The topological polar surface area (TPSA) is 29.9 Å². The third-order valence-electron chi connectivity index (χ3n) is 3.68. The minimum atomic E-state index is 0.689. The van der Waals surface area contributed by atoms with E-state index in [4.69, 9.17) is 16.7 Å². The maximum Gasteiger partial charge on any atom is 0.0894 e. The van der Waals surface area contributed by atoms with E-state index in [0.29, 0.717) is 6.54 Å². The van der Waals surface area contributed by atoms with Crippen molar-refractivity contribution < 1.29 is 0 Å². The van der Waals surface area contributed by atoms with Crippen molar-refractivity contribution in [1.29, 1.82) is 0 Å². The van der Waals surface area contributed by atoms with E-state index in [9.17, 15) is 0 Å². The Bertz CT molecular complexity index is 777. The molecule has 0 fully saturated rings. The first kappa shape index (κ1) is 14.0. The molecule has 108 valence electrons. The van der Waals surface area contributed by atoms with Gasteiger partial charge in [-0.25, -0.2) is 0 Å². The number of aryl methyl sites for hydroxylation is 2. The van der Waals surface area contributed by atoms with E-state index in [1.165, 1.54) is 16.5 Å². The minimum Gasteiger partial charge on any atom is -0.379 e. The summed E-state index contributed by atoms with van der Waals surface area (Å²) < 4.78 is 2.04. The van der Waals surface area contributed by atoms with Gasteiger partial charge >= 0.3 is 0 Å². The van der Waals surface area contributed by atoms with Crippen molar-refractivity contribution in [3.05, 3.63) is 58.7 Å². The van der Waals surface area contributed by atoms with Gasteiger partial charge in [0.05, 0.1) is 17.8 Å². The molecule has 0 aliphatic heterocycles. The van der Waals surface area contributed by atoms with Crippen LogP contribution in [-0.4, -0.2) is 9.78 Å². The molecule has 3 nitrogen and oxygen atoms in total. The number of anilines is 1. The molecule has 1 heterocycles. The van der Waals surface area contributed by atoms with Crippen LogP contribution >= 0.6 is 11.6 Å². The van der Waals surface area contributed by atoms with Crippen molar-refractivity contribution in [2.75, 3.05) is 5.32 Å². The number of nitrogens with one attached hydrogen (secondary N) is 1. The van der Waals surface area contributed by atoms with Crippen molar-refractivity contribution in [2.24, 2.45) is 0 Å². The highest BCUT2D eigenvalue weighted by molar-refractivity contribution is 6.30. The highest BCUT2D eigenvalue weighted by atomic mass is 35.5. The first-order valence-corrected chi connectivity index (χ1v) is 7.51. The summed E-state index contributed by atoms with van der Waals surface area (Å²) >= 11 is 6.06. The molecule has 3 aromatic rings. The Labute approximate surface area is 129 Å². The Hall–Kier alpha value is -2.00. The van der Waals surface area contributed by atoms with Crippen LogP contribution in [0.25, 0.3) is 10.9 Å². The Morgan fingerprint density at radius 1 is 1.19 bits per heavy atom. The molecule has 1 N–H and O–H groups in total. The number of nitrogens with zero attached hydrogens (tertiary/aromatic N) is 2. The second kappa shape index (κ2) is 5.78. The lowest BCUT2D eigenvalue weighted by Gasteiger charge is -2.08. The molecule has 2 aromatic carbocycles. The fourth-order valence-corrected chi connectivity index (χ4v) is 2.70. The Kier molecular flexibility index (Phi) is 3.84. The van der Waals surface area contributed by atoms with Crippen LogP contribution in [0.2, 0.25) is 5.02 Å². The summed E-state index contributed by atoms with van der Waals surface area (Å²) in [6.45, 7) is 5.74. The normalized spacial score (nSPS) is 11.0. The van der Waals surface area contributed by atoms with Crippen LogP contribution < -0.4 is 5.32 Å². The van der Waals surface area contributed by atoms with Gasteiger partial charge in [-0.1, -0.05) is 35.9 Å². The molecule has 4 heteroatoms. The first-order chi connectivity index (χ1) is 10.2. The predicted molar refractivity (Wildman–Crippen MR) is 88.9 cm³/mol. The Morgan fingerprint density at radius 2 is 2.00 bits per heavy atom. The van der Waals surface area contributed by atoms with Gasteiger partial charge in [-0.15, -0.1) is 0 Å². The van der Waals surface area contributed by atoms with E-state index in [1.807, 2.05) is 22.9 Å². The summed E-state index contributed by atoms with van der Waals surface area (Å²) in [5, 5.41) is 10.1. The van der Waals surface area contributed by atoms with Gasteiger partial charge in [0.2, 0.25) is 0 Å². The molecule has 0 aliphatic rings. The molecule has 0 saturated heterocycles. The van der Waals surface area contributed by atoms with Crippen LogP contribution in [0, 0.1) is 6.92 Å². The molecule has 3 rings (SSSR count). The Balaban J connectivity index is 1.90. The number of para-hydroxylation sites is 1. The fourth-order valence-electron chi connectivity index (χ4n) is 2.53. The summed E-state index contributed by atoms with van der Waals surface area (Å²) in [6.07, 6.45) is 0. The smallest absolute Gasteiger partial charge is 0.0894 e. The lowest BCUT2D eigenvalue weighted by Crippen LogP contribution is -2.03. The minimum absolute atomic E-state index is 0.689. The zero-order valence-corrected chi connectivity index (χ0v) is 13.0. The van der Waals surface area contributed by atoms with Gasteiger partial charge in [0.1, 0.15) is 0 Å². The molecular weight excluding hydrogens is 282 g/mol. The van der Waals surface area contributed by atoms with E-state index >= 15 is 0 Å². The quantitative estimate of drug-likeness (QED) is 0.761. The van der Waals surface area contributed by atoms with Gasteiger partial charge in [-0.3, -0.25) is 4.68 Å². The van der Waals surface area contributed by atoms with Crippen LogP contribution in [0.4, 0.5) is 5.69 Å². The summed E-state index contributed by atoms with van der Waals surface area (Å²) in [5.74, 6) is 0. The van der Waals surface area contributed by atoms with Crippen molar-refractivity contribution in [3.8, 4) is 0 Å². The van der Waals surface area contributed by atoms with Crippen molar-refractivity contribution in [1.82, 2.24) is 9.78 Å². The van der Waals surface area contributed by atoms with Gasteiger partial charge in [-0.05, 0) is 37.6 Å². The van der Waals surface area contributed by atoms with Gasteiger partial charge < -0.3 is 5.32 Å². The molecule has 0 radical (unpaired) electrons. The van der Waals surface area contributed by atoms with Crippen molar-refractivity contribution in [2.45, 2.75) is 26.9 Å². The van der Waals surface area contributed by atoms with Crippen LogP contribution in [0.15, 0.2) is 42.5 Å². The van der Waals surface area contributed by atoms with Gasteiger partial charge in [-0.2, -0.15) is 5.10 Å². The van der Waals surface area contributed by atoms with Crippen LogP contribution in [0.3, 0.4) is 0 Å². The number of hydrogen-bond acceptors (Lipinski definition) is 2. The molecule has 0 spiro atoms. The average molecular weight is 300 g/mol. The number of halogens is 1. The second-order valence-electron chi connectivity index (χ2n) is 5.09. The highest BCUT2D eigenvalue weighted by Gasteiger charge is 2.09. The molecule has 0 atom stereocenters. The number of aromatic nitrogens is 2. The third kappa shape index (κ3) is 2.74. The third-order valence-corrected chi connectivity index (χ3v) is 3.91. The van der Waals surface area contributed by atoms with Crippen LogP contribution in [-0.2, 0) is 13.1 Å². The largest absolute Gasteiger partial charge is 0.379 e. The average Bonchev–Trinajstić information content (AvgIpc) is 2.86. The summed E-state index contributed by atoms with van der Waals surface area (Å²) in [7, 11) is 0. The summed E-state index contributed by atoms with van der Waals surface area (Å²) in [4.78, 5) is 0. The van der Waals surface area contributed by atoms with E-state index < -0.39 is 0 Å². The second-order valence-corrected chi connectivity index (χ2v) is 5.53. The number of fused-ring (bicyclic) bond motifs is 1. The molecule has 0 bridgehead atoms. The predicted octanol–water partition coefficient (Wildman–Crippen LogP) is 4.63. The van der Waals surface area contributed by atoms with E-state index in [0.717, 1.165) is 22.9 Å². The molecule has 0 unspecified atom stereocenters. The molecule has 21 heavy (non-hydrogen) atoms. The van der Waals surface area contributed by atoms with Crippen LogP contribution in [0.5, 0.6) is 0 Å². The van der Waals surface area contributed by atoms with Gasteiger partial charge in [0.25, 0.3) is 0 Å². The van der Waals surface area contributed by atoms with E-state index in [2.05, 4.69) is 43.4 Å². The monoisotopic (exact) mass is 299 g/mol. The van der Waals surface area contributed by atoms with E-state index in [-0.39, 0.29) is 0 Å². The zero-order valence-electron chi connectivity index (χ0n) is 12.2. The molecule has 0 amide bonds. The fraction of sp³-hybridized carbons (Fsp3) is 0.235. The summed E-state index contributed by atoms with van der Waals surface area (Å²) in [5.41, 5.74) is 4.47. The standard InChI is InChI=1S/C17H18ClN3/c1-3-21-17-7-5-4-6-14(17)16(20-21)11-19-15-10-13(18)9-8-12(15)2/h4-10,19H,3,11H2,1-2H3. The molecule has 0 saturated carbocycles. The van der Waals surface area contributed by atoms with Crippen LogP contribution in [0.1, 0.15) is 18.2 Å². The number of hydrogen-bond donors (Lipinski definition) is 1. The maximum atomic E-state index is 6.06. The van der Waals surface area contributed by atoms with E-state index in [1.54, 1.807) is 0 Å². The van der Waals surface area contributed by atoms with Crippen molar-refractivity contribution >= 4 is 28.2 Å². The highest BCUT2D eigenvalue weighted by Crippen LogP contribution is 2.23. The maximum absolute atomic E-state index is 6.06.